The van der Waals surface area contributed by atoms with Crippen LogP contribution in [0.3, 0.4) is 0 Å². The summed E-state index contributed by atoms with van der Waals surface area (Å²) in [6.07, 6.45) is 8.60. The number of fused-ring (bicyclic) bond motifs is 1. The second-order valence-electron chi connectivity index (χ2n) is 5.33. The van der Waals surface area contributed by atoms with Crippen molar-refractivity contribution in [1.82, 2.24) is 0 Å². The second-order valence-corrected chi connectivity index (χ2v) is 5.33. The van der Waals surface area contributed by atoms with Crippen LogP contribution < -0.4 is 11.4 Å². The lowest BCUT2D eigenvalue weighted by Gasteiger charge is -2.07. The van der Waals surface area contributed by atoms with Gasteiger partial charge in [0.2, 0.25) is 0 Å². The third-order valence-corrected chi connectivity index (χ3v) is 3.68. The van der Waals surface area contributed by atoms with Gasteiger partial charge in [0, 0.05) is 11.5 Å². The maximum absolute atomic E-state index is 11.3. The van der Waals surface area contributed by atoms with Crippen LogP contribution in [0.2, 0.25) is 0 Å². The SMILES string of the molecule is CCCCCCCCc1cccc2oc(=O)cc(N)c12. The number of unbranched alkanes of at least 4 members (excludes halogenated alkanes) is 5. The summed E-state index contributed by atoms with van der Waals surface area (Å²) in [5.74, 6) is 0. The van der Waals surface area contributed by atoms with Crippen molar-refractivity contribution in [1.29, 1.82) is 0 Å². The number of benzene rings is 1. The van der Waals surface area contributed by atoms with Crippen molar-refractivity contribution in [2.75, 3.05) is 5.73 Å². The Morgan fingerprint density at radius 1 is 1.10 bits per heavy atom. The van der Waals surface area contributed by atoms with Crippen molar-refractivity contribution in [3.8, 4) is 0 Å². The van der Waals surface area contributed by atoms with E-state index in [-0.39, 0.29) is 5.63 Å². The molecule has 1 heterocycles. The smallest absolute Gasteiger partial charge is 0.338 e. The van der Waals surface area contributed by atoms with E-state index in [0.717, 1.165) is 18.2 Å². The van der Waals surface area contributed by atoms with Crippen LogP contribution in [0.15, 0.2) is 33.5 Å². The van der Waals surface area contributed by atoms with Crippen molar-refractivity contribution < 1.29 is 4.42 Å². The average molecular weight is 273 g/mol. The second kappa shape index (κ2) is 7.13. The van der Waals surface area contributed by atoms with Gasteiger partial charge in [-0.1, -0.05) is 51.2 Å². The number of nitrogens with two attached hydrogens (primary N) is 1. The van der Waals surface area contributed by atoms with Gasteiger partial charge in [0.15, 0.2) is 0 Å². The van der Waals surface area contributed by atoms with E-state index in [9.17, 15) is 4.79 Å². The highest BCUT2D eigenvalue weighted by atomic mass is 16.4. The van der Waals surface area contributed by atoms with Crippen LogP contribution in [0.4, 0.5) is 5.69 Å². The van der Waals surface area contributed by atoms with Crippen LogP contribution in [-0.2, 0) is 6.42 Å². The maximum Gasteiger partial charge on any atom is 0.338 e. The fraction of sp³-hybridized carbons (Fsp3) is 0.471. The molecule has 0 spiro atoms. The fourth-order valence-corrected chi connectivity index (χ4v) is 2.63. The molecule has 0 amide bonds. The van der Waals surface area contributed by atoms with E-state index in [4.69, 9.17) is 10.2 Å². The Morgan fingerprint density at radius 2 is 1.85 bits per heavy atom. The van der Waals surface area contributed by atoms with E-state index >= 15 is 0 Å². The van der Waals surface area contributed by atoms with Crippen molar-refractivity contribution >= 4 is 16.7 Å². The van der Waals surface area contributed by atoms with Crippen molar-refractivity contribution in [2.45, 2.75) is 51.9 Å². The van der Waals surface area contributed by atoms with Gasteiger partial charge in [-0.05, 0) is 24.5 Å². The molecule has 108 valence electrons. The quantitative estimate of drug-likeness (QED) is 0.605. The number of anilines is 1. The highest BCUT2D eigenvalue weighted by Crippen LogP contribution is 2.24. The highest BCUT2D eigenvalue weighted by Gasteiger charge is 2.07. The summed E-state index contributed by atoms with van der Waals surface area (Å²) >= 11 is 0. The van der Waals surface area contributed by atoms with Gasteiger partial charge in [-0.15, -0.1) is 0 Å². The molecule has 0 aliphatic rings. The van der Waals surface area contributed by atoms with Crippen LogP contribution >= 0.6 is 0 Å². The Balaban J connectivity index is 2.05. The van der Waals surface area contributed by atoms with Gasteiger partial charge in [-0.25, -0.2) is 4.79 Å². The van der Waals surface area contributed by atoms with Gasteiger partial charge in [0.05, 0.1) is 5.69 Å². The molecule has 0 aliphatic carbocycles. The molecule has 0 radical (unpaired) electrons. The lowest BCUT2D eigenvalue weighted by atomic mass is 10.0. The van der Waals surface area contributed by atoms with Crippen LogP contribution in [0.5, 0.6) is 0 Å². The maximum atomic E-state index is 11.3. The lowest BCUT2D eigenvalue weighted by Crippen LogP contribution is -2.02. The minimum atomic E-state index is -0.383. The van der Waals surface area contributed by atoms with Crippen molar-refractivity contribution in [2.24, 2.45) is 0 Å². The van der Waals surface area contributed by atoms with E-state index in [1.54, 1.807) is 6.07 Å². The molecule has 2 aromatic rings. The molecule has 3 nitrogen and oxygen atoms in total. The molecule has 0 saturated heterocycles. The summed E-state index contributed by atoms with van der Waals surface area (Å²) in [4.78, 5) is 11.3. The predicted molar refractivity (Wildman–Crippen MR) is 84.0 cm³/mol. The summed E-state index contributed by atoms with van der Waals surface area (Å²) in [5, 5.41) is 0.903. The van der Waals surface area contributed by atoms with Gasteiger partial charge in [-0.3, -0.25) is 0 Å². The zero-order chi connectivity index (χ0) is 14.4. The monoisotopic (exact) mass is 273 g/mol. The van der Waals surface area contributed by atoms with Crippen molar-refractivity contribution in [3.05, 3.63) is 40.2 Å². The van der Waals surface area contributed by atoms with Gasteiger partial charge in [0.25, 0.3) is 0 Å². The van der Waals surface area contributed by atoms with Crippen LogP contribution in [0.25, 0.3) is 11.0 Å². The molecule has 2 N–H and O–H groups in total. The van der Waals surface area contributed by atoms with E-state index in [2.05, 4.69) is 13.0 Å². The number of rotatable bonds is 7. The zero-order valence-corrected chi connectivity index (χ0v) is 12.2. The Labute approximate surface area is 119 Å². The minimum absolute atomic E-state index is 0.383. The summed E-state index contributed by atoms with van der Waals surface area (Å²) in [6, 6.07) is 7.17. The first kappa shape index (κ1) is 14.6. The van der Waals surface area contributed by atoms with Crippen LogP contribution in [-0.4, -0.2) is 0 Å². The van der Waals surface area contributed by atoms with Crippen LogP contribution in [0.1, 0.15) is 51.0 Å². The van der Waals surface area contributed by atoms with Gasteiger partial charge in [-0.2, -0.15) is 0 Å². The molecule has 2 rings (SSSR count). The molecule has 0 fully saturated rings. The Hall–Kier alpha value is -1.77. The van der Waals surface area contributed by atoms with Gasteiger partial charge in [0.1, 0.15) is 5.58 Å². The standard InChI is InChI=1S/C17H23NO2/c1-2-3-4-5-6-7-9-13-10-8-11-15-17(13)14(18)12-16(19)20-15/h8,10-12H,2-7,9,18H2,1H3. The molecule has 0 atom stereocenters. The fourth-order valence-electron chi connectivity index (χ4n) is 2.63. The van der Waals surface area contributed by atoms with Crippen molar-refractivity contribution in [3.63, 3.8) is 0 Å². The Kier molecular flexibility index (Phi) is 5.22. The normalized spacial score (nSPS) is 11.1. The summed E-state index contributed by atoms with van der Waals surface area (Å²) < 4.78 is 5.21. The number of hydrogen-bond donors (Lipinski definition) is 1. The highest BCUT2D eigenvalue weighted by molar-refractivity contribution is 5.91. The summed E-state index contributed by atoms with van der Waals surface area (Å²) in [7, 11) is 0. The minimum Gasteiger partial charge on any atom is -0.423 e. The third kappa shape index (κ3) is 3.62. The molecule has 3 heteroatoms. The number of nitrogen functional groups attached to an aromatic ring is 1. The average Bonchev–Trinajstić information content (AvgIpc) is 2.42. The van der Waals surface area contributed by atoms with Gasteiger partial charge >= 0.3 is 5.63 Å². The van der Waals surface area contributed by atoms with Gasteiger partial charge < -0.3 is 10.2 Å². The third-order valence-electron chi connectivity index (χ3n) is 3.68. The molecule has 1 aromatic heterocycles. The molecular weight excluding hydrogens is 250 g/mol. The first-order chi connectivity index (χ1) is 9.72. The largest absolute Gasteiger partial charge is 0.423 e. The van der Waals surface area contributed by atoms with E-state index in [0.29, 0.717) is 11.3 Å². The number of hydrogen-bond acceptors (Lipinski definition) is 3. The van der Waals surface area contributed by atoms with E-state index < -0.39 is 0 Å². The molecule has 0 unspecified atom stereocenters. The summed E-state index contributed by atoms with van der Waals surface area (Å²) in [6.45, 7) is 2.23. The molecular formula is C17H23NO2. The summed E-state index contributed by atoms with van der Waals surface area (Å²) in [5.41, 5.74) is 7.89. The Bertz CT molecular complexity index is 616. The predicted octanol–water partition coefficient (Wildman–Crippen LogP) is 4.28. The Morgan fingerprint density at radius 3 is 2.65 bits per heavy atom. The van der Waals surface area contributed by atoms with E-state index in [1.165, 1.54) is 43.7 Å². The zero-order valence-electron chi connectivity index (χ0n) is 12.2. The first-order valence-electron chi connectivity index (χ1n) is 7.53. The topological polar surface area (TPSA) is 56.2 Å². The molecule has 1 aromatic carbocycles. The lowest BCUT2D eigenvalue weighted by molar-refractivity contribution is 0.561. The molecule has 0 saturated carbocycles. The molecule has 20 heavy (non-hydrogen) atoms. The number of aryl methyl sites for hydroxylation is 1. The first-order valence-corrected chi connectivity index (χ1v) is 7.53. The van der Waals surface area contributed by atoms with Crippen LogP contribution in [0, 0.1) is 0 Å². The molecule has 0 bridgehead atoms. The molecule has 0 aliphatic heterocycles. The van der Waals surface area contributed by atoms with E-state index in [1.807, 2.05) is 6.07 Å².